The molecule has 3 aliphatic carbocycles. The number of hydrogen-bond acceptors (Lipinski definition) is 11. The van der Waals surface area contributed by atoms with Crippen molar-refractivity contribution in [2.24, 2.45) is 16.7 Å². The number of ether oxygens (including phenoxy) is 3. The number of Topliss-reactive ketones (excluding diaryl/α,β-unsaturated/α-hetero) is 1. The highest BCUT2D eigenvalue weighted by Crippen LogP contribution is 2.63. The first-order chi connectivity index (χ1) is 20.3. The van der Waals surface area contributed by atoms with Crippen molar-refractivity contribution in [2.75, 3.05) is 67.1 Å². The number of piperazine rings is 1. The monoisotopic (exact) mass is 601 g/mol. The molecule has 0 aromatic rings. The van der Waals surface area contributed by atoms with E-state index in [1.165, 1.54) is 14.0 Å². The summed E-state index contributed by atoms with van der Waals surface area (Å²) >= 11 is 0. The zero-order valence-electron chi connectivity index (χ0n) is 26.4. The van der Waals surface area contributed by atoms with Crippen LogP contribution in [-0.2, 0) is 28.6 Å². The predicted octanol–water partition coefficient (Wildman–Crippen LogP) is 1.82. The maximum atomic E-state index is 14.1. The van der Waals surface area contributed by atoms with Gasteiger partial charge in [0.05, 0.1) is 23.7 Å². The maximum Gasteiger partial charge on any atom is 0.340 e. The Hall–Kier alpha value is -2.73. The van der Waals surface area contributed by atoms with Crippen molar-refractivity contribution < 1.29 is 38.8 Å². The molecule has 0 aromatic heterocycles. The van der Waals surface area contributed by atoms with Gasteiger partial charge in [0, 0.05) is 76.6 Å². The molecular weight excluding hydrogens is 554 g/mol. The number of nitrogens with zero attached hydrogens (tertiary/aromatic N) is 3. The molecule has 0 radical (unpaired) electrons. The second kappa shape index (κ2) is 12.0. The van der Waals surface area contributed by atoms with Gasteiger partial charge < -0.3 is 39.1 Å². The van der Waals surface area contributed by atoms with Crippen LogP contribution < -0.4 is 0 Å². The van der Waals surface area contributed by atoms with Crippen LogP contribution in [0.25, 0.3) is 0 Å². The fourth-order valence-electron chi connectivity index (χ4n) is 8.17. The summed E-state index contributed by atoms with van der Waals surface area (Å²) in [5, 5.41) is 22.7. The van der Waals surface area contributed by atoms with Gasteiger partial charge in [0.25, 0.3) is 0 Å². The van der Waals surface area contributed by atoms with Crippen LogP contribution in [0.5, 0.6) is 0 Å². The van der Waals surface area contributed by atoms with Gasteiger partial charge in [-0.2, -0.15) is 0 Å². The summed E-state index contributed by atoms with van der Waals surface area (Å²) in [4.78, 5) is 46.7. The van der Waals surface area contributed by atoms with E-state index >= 15 is 0 Å². The SMILES string of the molecule is COCC1OC(=O)/C(=C/N(C)CCCN2CCN(C)CC2)C2=C(O)C(=O)C3=C(C(OC(C)=O)CC4(C)C(O)CCC34)C21C. The van der Waals surface area contributed by atoms with Crippen molar-refractivity contribution in [3.8, 4) is 0 Å². The van der Waals surface area contributed by atoms with Crippen molar-refractivity contribution in [3.05, 3.63) is 34.3 Å². The van der Waals surface area contributed by atoms with E-state index in [0.717, 1.165) is 39.1 Å². The molecule has 5 rings (SSSR count). The molecule has 6 atom stereocenters. The van der Waals surface area contributed by atoms with Crippen LogP contribution in [0.4, 0.5) is 0 Å². The molecule has 0 bridgehead atoms. The molecule has 6 unspecified atom stereocenters. The summed E-state index contributed by atoms with van der Waals surface area (Å²) in [5.74, 6) is -2.59. The molecule has 11 heteroatoms. The number of aliphatic hydroxyl groups excluding tert-OH is 2. The number of rotatable bonds is 8. The number of allylic oxidation sites excluding steroid dienone is 1. The molecule has 1 saturated carbocycles. The van der Waals surface area contributed by atoms with E-state index in [-0.39, 0.29) is 23.7 Å². The summed E-state index contributed by atoms with van der Waals surface area (Å²) in [6.07, 6.45) is 1.47. The summed E-state index contributed by atoms with van der Waals surface area (Å²) in [7, 11) is 5.49. The summed E-state index contributed by atoms with van der Waals surface area (Å²) in [6, 6.07) is 0. The van der Waals surface area contributed by atoms with Crippen molar-refractivity contribution in [1.82, 2.24) is 14.7 Å². The number of cyclic esters (lactones) is 1. The highest BCUT2D eigenvalue weighted by atomic mass is 16.6. The minimum atomic E-state index is -1.21. The van der Waals surface area contributed by atoms with Crippen LogP contribution in [0, 0.1) is 16.7 Å². The van der Waals surface area contributed by atoms with Gasteiger partial charge in [-0.15, -0.1) is 0 Å². The van der Waals surface area contributed by atoms with Crippen LogP contribution >= 0.6 is 0 Å². The van der Waals surface area contributed by atoms with Gasteiger partial charge in [0.15, 0.2) is 5.76 Å². The van der Waals surface area contributed by atoms with Gasteiger partial charge in [-0.3, -0.25) is 9.59 Å². The molecule has 5 aliphatic rings. The second-order valence-electron chi connectivity index (χ2n) is 13.4. The van der Waals surface area contributed by atoms with E-state index in [1.807, 2.05) is 25.8 Å². The lowest BCUT2D eigenvalue weighted by Gasteiger charge is -2.54. The third-order valence-electron chi connectivity index (χ3n) is 10.6. The fraction of sp³-hybridized carbons (Fsp3) is 0.719. The predicted molar refractivity (Wildman–Crippen MR) is 158 cm³/mol. The average molecular weight is 602 g/mol. The Morgan fingerprint density at radius 1 is 1.19 bits per heavy atom. The maximum absolute atomic E-state index is 14.1. The first kappa shape index (κ1) is 31.7. The third-order valence-corrected chi connectivity index (χ3v) is 10.6. The smallest absolute Gasteiger partial charge is 0.340 e. The highest BCUT2D eigenvalue weighted by molar-refractivity contribution is 6.13. The Morgan fingerprint density at radius 2 is 1.88 bits per heavy atom. The van der Waals surface area contributed by atoms with Gasteiger partial charge in [0.2, 0.25) is 5.78 Å². The van der Waals surface area contributed by atoms with E-state index in [0.29, 0.717) is 37.0 Å². The number of likely N-dealkylation sites (N-methyl/N-ethyl adjacent to an activating group) is 1. The minimum absolute atomic E-state index is 0.00941. The van der Waals surface area contributed by atoms with Gasteiger partial charge in [0.1, 0.15) is 12.2 Å². The molecule has 43 heavy (non-hydrogen) atoms. The number of esters is 2. The second-order valence-corrected chi connectivity index (χ2v) is 13.4. The zero-order chi connectivity index (χ0) is 31.3. The Bertz CT molecular complexity index is 1250. The molecule has 0 spiro atoms. The molecule has 2 saturated heterocycles. The first-order valence-corrected chi connectivity index (χ1v) is 15.4. The largest absolute Gasteiger partial charge is 0.504 e. The summed E-state index contributed by atoms with van der Waals surface area (Å²) in [5.41, 5.74) is -0.739. The molecule has 0 aromatic carbocycles. The summed E-state index contributed by atoms with van der Waals surface area (Å²) in [6.45, 7) is 10.8. The number of fused-ring (bicyclic) bond motifs is 4. The summed E-state index contributed by atoms with van der Waals surface area (Å²) < 4.78 is 17.4. The Labute approximate surface area is 254 Å². The van der Waals surface area contributed by atoms with Crippen LogP contribution in [0.1, 0.15) is 46.5 Å². The van der Waals surface area contributed by atoms with E-state index in [1.54, 1.807) is 6.20 Å². The quantitative estimate of drug-likeness (QED) is 0.312. The lowest BCUT2D eigenvalue weighted by Crippen LogP contribution is -2.57. The molecule has 0 amide bonds. The molecule has 2 aliphatic heterocycles. The number of ketones is 1. The van der Waals surface area contributed by atoms with Gasteiger partial charge >= 0.3 is 11.9 Å². The lowest BCUT2D eigenvalue weighted by atomic mass is 9.53. The normalized spacial score (nSPS) is 35.9. The standard InChI is InChI=1S/C32H47N3O8/c1-19(36)42-22-16-31(2)21(8-9-23(31)37)25-27(22)32(3)24(18-41-6)43-30(40)20(26(32)29(39)28(25)38)17-34(5)10-7-11-35-14-12-33(4)13-15-35/h17,21-24,37,39H,7-16,18H2,1-6H3/b20-17+. The highest BCUT2D eigenvalue weighted by Gasteiger charge is 2.64. The molecular formula is C32H47N3O8. The van der Waals surface area contributed by atoms with Gasteiger partial charge in [-0.25, -0.2) is 4.79 Å². The van der Waals surface area contributed by atoms with Crippen molar-refractivity contribution in [1.29, 1.82) is 0 Å². The van der Waals surface area contributed by atoms with Crippen LogP contribution in [0.3, 0.4) is 0 Å². The van der Waals surface area contributed by atoms with Crippen LogP contribution in [0.2, 0.25) is 0 Å². The molecule has 238 valence electrons. The number of aliphatic hydroxyl groups is 2. The molecule has 2 N–H and O–H groups in total. The van der Waals surface area contributed by atoms with E-state index in [2.05, 4.69) is 16.8 Å². The van der Waals surface area contributed by atoms with Crippen molar-refractivity contribution in [3.63, 3.8) is 0 Å². The number of carbonyl (C=O) groups excluding carboxylic acids is 3. The van der Waals surface area contributed by atoms with Gasteiger partial charge in [-0.05, 0) is 57.7 Å². The van der Waals surface area contributed by atoms with Crippen LogP contribution in [0.15, 0.2) is 34.3 Å². The number of carbonyl (C=O) groups is 3. The third kappa shape index (κ3) is 5.43. The van der Waals surface area contributed by atoms with Crippen LogP contribution in [-0.4, -0.2) is 128 Å². The minimum Gasteiger partial charge on any atom is -0.504 e. The molecule has 3 fully saturated rings. The van der Waals surface area contributed by atoms with E-state index in [9.17, 15) is 24.6 Å². The number of hydrogen-bond donors (Lipinski definition) is 2. The molecule has 2 heterocycles. The van der Waals surface area contributed by atoms with Gasteiger partial charge in [-0.1, -0.05) is 6.92 Å². The van der Waals surface area contributed by atoms with E-state index in [4.69, 9.17) is 14.2 Å². The Balaban J connectivity index is 1.54. The fourth-order valence-corrected chi connectivity index (χ4v) is 8.17. The average Bonchev–Trinajstić information content (AvgIpc) is 3.23. The first-order valence-electron chi connectivity index (χ1n) is 15.4. The topological polar surface area (TPSA) is 129 Å². The number of methoxy groups -OCH3 is 1. The van der Waals surface area contributed by atoms with E-state index < -0.39 is 52.6 Å². The Kier molecular flexibility index (Phi) is 8.83. The zero-order valence-corrected chi connectivity index (χ0v) is 26.4. The lowest BCUT2D eigenvalue weighted by molar-refractivity contribution is -0.161. The van der Waals surface area contributed by atoms with Crippen molar-refractivity contribution >= 4 is 17.7 Å². The molecule has 11 nitrogen and oxygen atoms in total. The van der Waals surface area contributed by atoms with Crippen molar-refractivity contribution in [2.45, 2.75) is 64.8 Å². The Morgan fingerprint density at radius 3 is 2.53 bits per heavy atom.